The lowest BCUT2D eigenvalue weighted by Crippen LogP contribution is -2.18. The van der Waals surface area contributed by atoms with Crippen molar-refractivity contribution < 1.29 is 14.3 Å². The number of nitrogens with one attached hydrogen (secondary N) is 1. The van der Waals surface area contributed by atoms with Crippen molar-refractivity contribution in [3.05, 3.63) is 65.4 Å². The molecule has 0 bridgehead atoms. The van der Waals surface area contributed by atoms with Crippen LogP contribution in [-0.4, -0.2) is 31.3 Å². The molecule has 1 amide bonds. The Morgan fingerprint density at radius 3 is 2.50 bits per heavy atom. The van der Waals surface area contributed by atoms with Crippen LogP contribution in [0.1, 0.15) is 40.4 Å². The summed E-state index contributed by atoms with van der Waals surface area (Å²) < 4.78 is 10.5. The van der Waals surface area contributed by atoms with E-state index in [1.54, 1.807) is 26.5 Å². The Morgan fingerprint density at radius 2 is 1.82 bits per heavy atom. The standard InChI is InChI=1S/C22H21N3O3/c1-27-16-9-14(10-17(11-16)28-2)13-23-25-22(26)19-12-21(15-7-8-15)24-20-6-4-3-5-18(19)20/h3-6,9-13,15H,7-8H2,1-2H3,(H,25,26). The van der Waals surface area contributed by atoms with Crippen molar-refractivity contribution >= 4 is 23.0 Å². The van der Waals surface area contributed by atoms with Crippen LogP contribution in [-0.2, 0) is 0 Å². The topological polar surface area (TPSA) is 72.8 Å². The molecule has 28 heavy (non-hydrogen) atoms. The number of methoxy groups -OCH3 is 2. The first-order chi connectivity index (χ1) is 13.7. The number of para-hydroxylation sites is 1. The lowest BCUT2D eigenvalue weighted by molar-refractivity contribution is 0.0956. The van der Waals surface area contributed by atoms with Crippen LogP contribution in [0, 0.1) is 0 Å². The summed E-state index contributed by atoms with van der Waals surface area (Å²) in [5, 5.41) is 4.93. The number of carbonyl (C=O) groups excluding carboxylic acids is 1. The Hall–Kier alpha value is -3.41. The average Bonchev–Trinajstić information content (AvgIpc) is 3.58. The molecule has 0 atom stereocenters. The fraction of sp³-hybridized carbons (Fsp3) is 0.227. The largest absolute Gasteiger partial charge is 0.497 e. The molecule has 4 rings (SSSR count). The van der Waals surface area contributed by atoms with Crippen LogP contribution < -0.4 is 14.9 Å². The molecule has 0 saturated heterocycles. The van der Waals surface area contributed by atoms with Gasteiger partial charge in [0.05, 0.1) is 31.5 Å². The highest BCUT2D eigenvalue weighted by Gasteiger charge is 2.26. The second-order valence-electron chi connectivity index (χ2n) is 6.73. The zero-order valence-corrected chi connectivity index (χ0v) is 15.8. The first-order valence-electron chi connectivity index (χ1n) is 9.14. The molecule has 142 valence electrons. The van der Waals surface area contributed by atoms with Crippen LogP contribution in [0.15, 0.2) is 53.6 Å². The molecule has 1 aliphatic carbocycles. The van der Waals surface area contributed by atoms with Gasteiger partial charge in [0, 0.05) is 28.6 Å². The van der Waals surface area contributed by atoms with Gasteiger partial charge in [-0.15, -0.1) is 0 Å². The highest BCUT2D eigenvalue weighted by atomic mass is 16.5. The second-order valence-corrected chi connectivity index (χ2v) is 6.73. The molecule has 1 heterocycles. The monoisotopic (exact) mass is 375 g/mol. The van der Waals surface area contributed by atoms with Crippen LogP contribution in [0.4, 0.5) is 0 Å². The van der Waals surface area contributed by atoms with Gasteiger partial charge >= 0.3 is 0 Å². The van der Waals surface area contributed by atoms with Crippen LogP contribution in [0.3, 0.4) is 0 Å². The zero-order valence-electron chi connectivity index (χ0n) is 15.8. The molecule has 0 unspecified atom stereocenters. The summed E-state index contributed by atoms with van der Waals surface area (Å²) in [4.78, 5) is 17.5. The van der Waals surface area contributed by atoms with Crippen LogP contribution in [0.25, 0.3) is 10.9 Å². The number of carbonyl (C=O) groups is 1. The van der Waals surface area contributed by atoms with Gasteiger partial charge in [-0.25, -0.2) is 5.43 Å². The van der Waals surface area contributed by atoms with E-state index < -0.39 is 0 Å². The zero-order chi connectivity index (χ0) is 19.5. The number of hydrogen-bond acceptors (Lipinski definition) is 5. The van der Waals surface area contributed by atoms with Gasteiger partial charge in [-0.2, -0.15) is 5.10 Å². The molecule has 1 saturated carbocycles. The second kappa shape index (κ2) is 7.68. The fourth-order valence-electron chi connectivity index (χ4n) is 3.10. The highest BCUT2D eigenvalue weighted by Crippen LogP contribution is 2.40. The van der Waals surface area contributed by atoms with Gasteiger partial charge in [0.15, 0.2) is 0 Å². The minimum absolute atomic E-state index is 0.258. The van der Waals surface area contributed by atoms with Gasteiger partial charge < -0.3 is 9.47 Å². The van der Waals surface area contributed by atoms with Gasteiger partial charge in [-0.1, -0.05) is 18.2 Å². The van der Waals surface area contributed by atoms with E-state index in [0.717, 1.165) is 35.0 Å². The third-order valence-corrected chi connectivity index (χ3v) is 4.73. The van der Waals surface area contributed by atoms with E-state index in [-0.39, 0.29) is 5.91 Å². The van der Waals surface area contributed by atoms with Gasteiger partial charge in [0.1, 0.15) is 11.5 Å². The quantitative estimate of drug-likeness (QED) is 0.524. The molecule has 1 N–H and O–H groups in total. The Morgan fingerprint density at radius 1 is 1.11 bits per heavy atom. The van der Waals surface area contributed by atoms with Gasteiger partial charge in [-0.05, 0) is 37.1 Å². The van der Waals surface area contributed by atoms with Crippen molar-refractivity contribution in [3.8, 4) is 11.5 Å². The summed E-state index contributed by atoms with van der Waals surface area (Å²) in [6.07, 6.45) is 3.82. The number of benzene rings is 2. The molecule has 6 heteroatoms. The number of aromatic nitrogens is 1. The lowest BCUT2D eigenvalue weighted by atomic mass is 10.1. The maximum atomic E-state index is 12.8. The number of pyridine rings is 1. The minimum Gasteiger partial charge on any atom is -0.497 e. The number of fused-ring (bicyclic) bond motifs is 1. The maximum Gasteiger partial charge on any atom is 0.272 e. The third kappa shape index (κ3) is 3.81. The van der Waals surface area contributed by atoms with E-state index >= 15 is 0 Å². The molecule has 1 aliphatic rings. The Labute approximate surface area is 163 Å². The third-order valence-electron chi connectivity index (χ3n) is 4.73. The molecule has 0 aliphatic heterocycles. The van der Waals surface area contributed by atoms with E-state index in [4.69, 9.17) is 14.5 Å². The van der Waals surface area contributed by atoms with E-state index in [0.29, 0.717) is 23.0 Å². The predicted molar refractivity (Wildman–Crippen MR) is 108 cm³/mol. The summed E-state index contributed by atoms with van der Waals surface area (Å²) in [6, 6.07) is 15.0. The fourth-order valence-corrected chi connectivity index (χ4v) is 3.10. The Balaban J connectivity index is 1.58. The molecule has 1 fully saturated rings. The highest BCUT2D eigenvalue weighted by molar-refractivity contribution is 6.06. The molecule has 6 nitrogen and oxygen atoms in total. The average molecular weight is 375 g/mol. The SMILES string of the molecule is COc1cc(C=NNC(=O)c2cc(C3CC3)nc3ccccc23)cc(OC)c1. The predicted octanol–water partition coefficient (Wildman–Crippen LogP) is 3.89. The van der Waals surface area contributed by atoms with E-state index in [1.807, 2.05) is 42.5 Å². The molecule has 1 aromatic heterocycles. The molecular formula is C22H21N3O3. The van der Waals surface area contributed by atoms with Crippen molar-refractivity contribution in [1.29, 1.82) is 0 Å². The van der Waals surface area contributed by atoms with Gasteiger partial charge in [0.25, 0.3) is 5.91 Å². The van der Waals surface area contributed by atoms with Crippen molar-refractivity contribution in [1.82, 2.24) is 10.4 Å². The van der Waals surface area contributed by atoms with Crippen molar-refractivity contribution in [2.75, 3.05) is 14.2 Å². The van der Waals surface area contributed by atoms with Crippen molar-refractivity contribution in [2.45, 2.75) is 18.8 Å². The molecule has 3 aromatic rings. The normalized spacial score (nSPS) is 13.6. The van der Waals surface area contributed by atoms with Crippen molar-refractivity contribution in [3.63, 3.8) is 0 Å². The van der Waals surface area contributed by atoms with Gasteiger partial charge in [0.2, 0.25) is 0 Å². The molecule has 2 aromatic carbocycles. The number of ether oxygens (including phenoxy) is 2. The van der Waals surface area contributed by atoms with Crippen LogP contribution in [0.2, 0.25) is 0 Å². The summed E-state index contributed by atoms with van der Waals surface area (Å²) in [5.74, 6) is 1.51. The number of amides is 1. The smallest absolute Gasteiger partial charge is 0.272 e. The summed E-state index contributed by atoms with van der Waals surface area (Å²) >= 11 is 0. The van der Waals surface area contributed by atoms with Crippen molar-refractivity contribution in [2.24, 2.45) is 5.10 Å². The molecular weight excluding hydrogens is 354 g/mol. The van der Waals surface area contributed by atoms with E-state index in [9.17, 15) is 4.79 Å². The number of rotatable bonds is 6. The number of hydrazone groups is 1. The number of hydrogen-bond donors (Lipinski definition) is 1. The summed E-state index contributed by atoms with van der Waals surface area (Å²) in [6.45, 7) is 0. The van der Waals surface area contributed by atoms with Gasteiger partial charge in [-0.3, -0.25) is 9.78 Å². The van der Waals surface area contributed by atoms with E-state index in [1.165, 1.54) is 0 Å². The minimum atomic E-state index is -0.258. The van der Waals surface area contributed by atoms with Crippen LogP contribution >= 0.6 is 0 Å². The summed E-state index contributed by atoms with van der Waals surface area (Å²) in [7, 11) is 3.17. The summed E-state index contributed by atoms with van der Waals surface area (Å²) in [5.41, 5.74) is 5.78. The van der Waals surface area contributed by atoms with Crippen LogP contribution in [0.5, 0.6) is 11.5 Å². The first-order valence-corrected chi connectivity index (χ1v) is 9.14. The Kier molecular flexibility index (Phi) is 4.93. The van der Waals surface area contributed by atoms with E-state index in [2.05, 4.69) is 10.5 Å². The number of nitrogens with zero attached hydrogens (tertiary/aromatic N) is 2. The molecule has 0 radical (unpaired) electrons. The maximum absolute atomic E-state index is 12.8. The first kappa shape index (κ1) is 18.0. The lowest BCUT2D eigenvalue weighted by Gasteiger charge is -2.08. The Bertz CT molecular complexity index is 1040. The molecule has 0 spiro atoms.